The average Bonchev–Trinajstić information content (AvgIpc) is 3.32. The van der Waals surface area contributed by atoms with Crippen LogP contribution in [0.4, 0.5) is 18.0 Å². The Morgan fingerprint density at radius 3 is 2.67 bits per heavy atom. The van der Waals surface area contributed by atoms with E-state index in [9.17, 15) is 23.1 Å². The monoisotopic (exact) mass is 346 g/mol. The minimum absolute atomic E-state index is 0.0379. The number of carbonyl (C=O) groups is 1. The van der Waals surface area contributed by atoms with E-state index in [1.54, 1.807) is 6.07 Å². The fourth-order valence-electron chi connectivity index (χ4n) is 2.52. The second-order valence-corrected chi connectivity index (χ2v) is 6.03. The molecule has 1 aromatic rings. The number of nitrogens with one attached hydrogen (secondary N) is 2. The van der Waals surface area contributed by atoms with Crippen molar-refractivity contribution >= 4 is 6.03 Å². The van der Waals surface area contributed by atoms with Gasteiger partial charge in [0, 0.05) is 25.6 Å². The predicted molar refractivity (Wildman–Crippen MR) is 81.6 cm³/mol. The molecular formula is C16H21F3N2O3. The number of methoxy groups -OCH3 is 1. The molecule has 0 heterocycles. The first-order valence-electron chi connectivity index (χ1n) is 7.63. The van der Waals surface area contributed by atoms with Crippen molar-refractivity contribution in [3.05, 3.63) is 35.4 Å². The van der Waals surface area contributed by atoms with Crippen molar-refractivity contribution in [2.24, 2.45) is 0 Å². The van der Waals surface area contributed by atoms with Gasteiger partial charge in [0.15, 0.2) is 0 Å². The molecule has 24 heavy (non-hydrogen) atoms. The first-order valence-corrected chi connectivity index (χ1v) is 7.63. The number of hydrogen-bond acceptors (Lipinski definition) is 3. The van der Waals surface area contributed by atoms with Crippen LogP contribution < -0.4 is 10.6 Å². The number of benzene rings is 1. The third-order valence-electron chi connectivity index (χ3n) is 4.10. The number of hydrogen-bond donors (Lipinski definition) is 3. The number of amides is 2. The van der Waals surface area contributed by atoms with Crippen LogP contribution in [0.3, 0.4) is 0 Å². The lowest BCUT2D eigenvalue weighted by Gasteiger charge is -2.19. The molecule has 8 heteroatoms. The second-order valence-electron chi connectivity index (χ2n) is 6.03. The fraction of sp³-hybridized carbons (Fsp3) is 0.562. The van der Waals surface area contributed by atoms with Crippen LogP contribution in [0, 0.1) is 0 Å². The highest BCUT2D eigenvalue weighted by molar-refractivity contribution is 5.74. The molecule has 0 aromatic heterocycles. The molecule has 0 aliphatic heterocycles. The van der Waals surface area contributed by atoms with Gasteiger partial charge in [-0.2, -0.15) is 13.2 Å². The summed E-state index contributed by atoms with van der Waals surface area (Å²) in [7, 11) is 1.44. The molecule has 1 aliphatic rings. The Bertz CT molecular complexity index is 574. The molecule has 2 amide bonds. The summed E-state index contributed by atoms with van der Waals surface area (Å²) in [5.41, 5.74) is -0.542. The minimum Gasteiger partial charge on any atom is -0.389 e. The van der Waals surface area contributed by atoms with Crippen LogP contribution >= 0.6 is 0 Å². The lowest BCUT2D eigenvalue weighted by molar-refractivity contribution is -0.137. The zero-order valence-electron chi connectivity index (χ0n) is 13.3. The molecule has 1 unspecified atom stereocenters. The number of ether oxygens (including phenoxy) is 1. The lowest BCUT2D eigenvalue weighted by Crippen LogP contribution is -2.43. The standard InChI is InChI=1S/C16H21F3N2O3/c1-24-9-13(22)8-20-14(23)21-10-15(5-6-15)11-3-2-4-12(7-11)16(17,18)19/h2-4,7,13,22H,5-6,8-10H2,1H3,(H2,20,21,23). The summed E-state index contributed by atoms with van der Waals surface area (Å²) >= 11 is 0. The van der Waals surface area contributed by atoms with Crippen LogP contribution in [-0.4, -0.2) is 44.0 Å². The summed E-state index contributed by atoms with van der Waals surface area (Å²) in [6.45, 7) is 0.394. The molecule has 1 fully saturated rings. The van der Waals surface area contributed by atoms with Crippen LogP contribution in [0.1, 0.15) is 24.0 Å². The Labute approximate surface area is 138 Å². The van der Waals surface area contributed by atoms with Gasteiger partial charge in [0.2, 0.25) is 0 Å². The Kier molecular flexibility index (Phi) is 5.71. The number of alkyl halides is 3. The van der Waals surface area contributed by atoms with Crippen LogP contribution in [0.15, 0.2) is 24.3 Å². The van der Waals surface area contributed by atoms with Gasteiger partial charge in [-0.3, -0.25) is 0 Å². The molecule has 1 saturated carbocycles. The molecule has 3 N–H and O–H groups in total. The Morgan fingerprint density at radius 2 is 2.08 bits per heavy atom. The van der Waals surface area contributed by atoms with Crippen LogP contribution in [0.5, 0.6) is 0 Å². The van der Waals surface area contributed by atoms with E-state index in [-0.39, 0.29) is 19.7 Å². The van der Waals surface area contributed by atoms with Crippen molar-refractivity contribution in [3.63, 3.8) is 0 Å². The van der Waals surface area contributed by atoms with E-state index in [0.717, 1.165) is 25.0 Å². The number of carbonyl (C=O) groups excluding carboxylic acids is 1. The maximum absolute atomic E-state index is 12.8. The summed E-state index contributed by atoms with van der Waals surface area (Å²) in [5.74, 6) is 0. The molecule has 0 saturated heterocycles. The van der Waals surface area contributed by atoms with E-state index in [2.05, 4.69) is 10.6 Å². The van der Waals surface area contributed by atoms with Gasteiger partial charge < -0.3 is 20.5 Å². The zero-order valence-corrected chi connectivity index (χ0v) is 13.3. The summed E-state index contributed by atoms with van der Waals surface area (Å²) in [6.07, 6.45) is -3.74. The Balaban J connectivity index is 1.90. The topological polar surface area (TPSA) is 70.6 Å². The third-order valence-corrected chi connectivity index (χ3v) is 4.10. The van der Waals surface area contributed by atoms with Crippen molar-refractivity contribution in [2.45, 2.75) is 30.5 Å². The quantitative estimate of drug-likeness (QED) is 0.708. The van der Waals surface area contributed by atoms with Gasteiger partial charge in [-0.25, -0.2) is 4.79 Å². The Hall–Kier alpha value is -1.80. The lowest BCUT2D eigenvalue weighted by atomic mass is 9.94. The molecule has 2 rings (SSSR count). The molecule has 1 atom stereocenters. The van der Waals surface area contributed by atoms with E-state index in [0.29, 0.717) is 5.56 Å². The van der Waals surface area contributed by atoms with Gasteiger partial charge in [-0.1, -0.05) is 18.2 Å². The summed E-state index contributed by atoms with van der Waals surface area (Å²) in [4.78, 5) is 11.7. The second kappa shape index (κ2) is 7.40. The number of aliphatic hydroxyl groups is 1. The van der Waals surface area contributed by atoms with Crippen LogP contribution in [0.2, 0.25) is 0 Å². The molecule has 5 nitrogen and oxygen atoms in total. The van der Waals surface area contributed by atoms with Crippen molar-refractivity contribution in [1.82, 2.24) is 10.6 Å². The summed E-state index contributed by atoms with van der Waals surface area (Å²) in [6, 6.07) is 4.76. The summed E-state index contributed by atoms with van der Waals surface area (Å²) in [5, 5.41) is 14.6. The molecule has 134 valence electrons. The highest BCUT2D eigenvalue weighted by Crippen LogP contribution is 2.48. The van der Waals surface area contributed by atoms with E-state index < -0.39 is 29.3 Å². The van der Waals surface area contributed by atoms with E-state index >= 15 is 0 Å². The van der Waals surface area contributed by atoms with Crippen LogP contribution in [-0.2, 0) is 16.3 Å². The highest BCUT2D eigenvalue weighted by atomic mass is 19.4. The molecular weight excluding hydrogens is 325 g/mol. The summed E-state index contributed by atoms with van der Waals surface area (Å²) < 4.78 is 43.2. The number of rotatable bonds is 7. The number of aliphatic hydroxyl groups excluding tert-OH is 1. The minimum atomic E-state index is -4.38. The van der Waals surface area contributed by atoms with Gasteiger partial charge in [-0.05, 0) is 24.5 Å². The first kappa shape index (κ1) is 18.5. The van der Waals surface area contributed by atoms with Gasteiger partial charge in [0.25, 0.3) is 0 Å². The average molecular weight is 346 g/mol. The SMILES string of the molecule is COCC(O)CNC(=O)NCC1(c2cccc(C(F)(F)F)c2)CC1. The van der Waals surface area contributed by atoms with E-state index in [4.69, 9.17) is 4.74 Å². The number of halogens is 3. The van der Waals surface area contributed by atoms with Gasteiger partial charge in [-0.15, -0.1) is 0 Å². The smallest absolute Gasteiger partial charge is 0.389 e. The van der Waals surface area contributed by atoms with Crippen molar-refractivity contribution in [1.29, 1.82) is 0 Å². The van der Waals surface area contributed by atoms with Gasteiger partial charge >= 0.3 is 12.2 Å². The Morgan fingerprint density at radius 1 is 1.38 bits per heavy atom. The third kappa shape index (κ3) is 4.85. The molecule has 1 aliphatic carbocycles. The fourth-order valence-corrected chi connectivity index (χ4v) is 2.52. The van der Waals surface area contributed by atoms with Crippen molar-refractivity contribution < 1.29 is 27.8 Å². The zero-order chi connectivity index (χ0) is 17.8. The normalized spacial score (nSPS) is 17.2. The maximum atomic E-state index is 12.8. The van der Waals surface area contributed by atoms with Crippen molar-refractivity contribution in [2.75, 3.05) is 26.8 Å². The van der Waals surface area contributed by atoms with Gasteiger partial charge in [0.05, 0.1) is 18.3 Å². The van der Waals surface area contributed by atoms with Crippen LogP contribution in [0.25, 0.3) is 0 Å². The van der Waals surface area contributed by atoms with E-state index in [1.807, 2.05) is 0 Å². The predicted octanol–water partition coefficient (Wildman–Crippen LogP) is 2.04. The van der Waals surface area contributed by atoms with Gasteiger partial charge in [0.1, 0.15) is 0 Å². The maximum Gasteiger partial charge on any atom is 0.416 e. The first-order chi connectivity index (χ1) is 11.3. The number of urea groups is 1. The molecule has 0 spiro atoms. The van der Waals surface area contributed by atoms with E-state index in [1.165, 1.54) is 13.2 Å². The van der Waals surface area contributed by atoms with Crippen molar-refractivity contribution in [3.8, 4) is 0 Å². The molecule has 1 aromatic carbocycles. The largest absolute Gasteiger partial charge is 0.416 e. The molecule has 0 radical (unpaired) electrons. The molecule has 0 bridgehead atoms. The highest BCUT2D eigenvalue weighted by Gasteiger charge is 2.45.